The van der Waals surface area contributed by atoms with Gasteiger partial charge < -0.3 is 19.2 Å². The molecule has 29 heavy (non-hydrogen) atoms. The average molecular weight is 422 g/mol. The maximum atomic E-state index is 12.4. The van der Waals surface area contributed by atoms with E-state index in [1.165, 1.54) is 13.2 Å². The molecule has 1 heterocycles. The van der Waals surface area contributed by atoms with Crippen LogP contribution in [0.4, 0.5) is 8.78 Å². The monoisotopic (exact) mass is 421 g/mol. The van der Waals surface area contributed by atoms with Crippen molar-refractivity contribution in [1.29, 1.82) is 0 Å². The Balaban J connectivity index is 1.58. The van der Waals surface area contributed by atoms with Gasteiger partial charge >= 0.3 is 6.61 Å². The van der Waals surface area contributed by atoms with Gasteiger partial charge in [0, 0.05) is 12.1 Å². The fourth-order valence-electron chi connectivity index (χ4n) is 2.73. The number of carbonyl (C=O) groups is 1. The van der Waals surface area contributed by atoms with E-state index in [1.807, 2.05) is 12.1 Å². The Labute approximate surface area is 171 Å². The topological polar surface area (TPSA) is 60.7 Å². The highest BCUT2D eigenvalue weighted by molar-refractivity contribution is 6.33. The third-order valence-electron chi connectivity index (χ3n) is 4.11. The lowest BCUT2D eigenvalue weighted by atomic mass is 10.1. The van der Waals surface area contributed by atoms with Crippen molar-refractivity contribution in [1.82, 2.24) is 5.32 Å². The van der Waals surface area contributed by atoms with Gasteiger partial charge in [0.15, 0.2) is 17.3 Å². The summed E-state index contributed by atoms with van der Waals surface area (Å²) in [6, 6.07) is 15.1. The summed E-state index contributed by atoms with van der Waals surface area (Å²) < 4.78 is 39.8. The van der Waals surface area contributed by atoms with Crippen LogP contribution in [-0.2, 0) is 6.42 Å². The van der Waals surface area contributed by atoms with Gasteiger partial charge in [-0.2, -0.15) is 8.78 Å². The summed E-state index contributed by atoms with van der Waals surface area (Å²) in [7, 11) is 1.37. The highest BCUT2D eigenvalue weighted by Gasteiger charge is 2.14. The van der Waals surface area contributed by atoms with E-state index in [9.17, 15) is 13.6 Å². The van der Waals surface area contributed by atoms with Gasteiger partial charge in [-0.1, -0.05) is 29.8 Å². The number of carbonyl (C=O) groups excluding carboxylic acids is 1. The molecule has 1 N–H and O–H groups in total. The first-order chi connectivity index (χ1) is 14.0. The van der Waals surface area contributed by atoms with Crippen LogP contribution in [0.2, 0.25) is 5.02 Å². The number of furan rings is 1. The minimum Gasteiger partial charge on any atom is -0.493 e. The molecule has 3 aromatic rings. The fraction of sp³-hybridized carbons (Fsp3) is 0.190. The quantitative estimate of drug-likeness (QED) is 0.544. The van der Waals surface area contributed by atoms with Crippen LogP contribution in [0.15, 0.2) is 59.0 Å². The van der Waals surface area contributed by atoms with Crippen LogP contribution in [0.1, 0.15) is 16.1 Å². The second-order valence-electron chi connectivity index (χ2n) is 6.01. The lowest BCUT2D eigenvalue weighted by Gasteiger charge is -2.11. The molecule has 0 fully saturated rings. The summed E-state index contributed by atoms with van der Waals surface area (Å²) in [5.74, 6) is 0.453. The van der Waals surface area contributed by atoms with E-state index in [2.05, 4.69) is 10.1 Å². The SMILES string of the molecule is COc1cc(CCNC(=O)c2ccc(-c3ccccc3Cl)o2)ccc1OC(F)F. The summed E-state index contributed by atoms with van der Waals surface area (Å²) in [4.78, 5) is 12.3. The molecule has 0 saturated carbocycles. The minimum absolute atomic E-state index is 0.0435. The Kier molecular flexibility index (Phi) is 6.72. The molecular formula is C21H18ClF2NO4. The number of nitrogens with one attached hydrogen (secondary N) is 1. The molecule has 0 bridgehead atoms. The lowest BCUT2D eigenvalue weighted by Crippen LogP contribution is -2.25. The first-order valence-electron chi connectivity index (χ1n) is 8.72. The molecule has 1 aromatic heterocycles. The predicted octanol–water partition coefficient (Wildman–Crippen LogP) is 5.18. The van der Waals surface area contributed by atoms with Gasteiger partial charge in [0.2, 0.25) is 0 Å². The van der Waals surface area contributed by atoms with Gasteiger partial charge in [-0.05, 0) is 48.4 Å². The van der Waals surface area contributed by atoms with Gasteiger partial charge in [-0.15, -0.1) is 0 Å². The van der Waals surface area contributed by atoms with Gasteiger partial charge in [0.25, 0.3) is 5.91 Å². The normalized spacial score (nSPS) is 10.8. The highest BCUT2D eigenvalue weighted by atomic mass is 35.5. The van der Waals surface area contributed by atoms with Crippen LogP contribution in [-0.4, -0.2) is 26.2 Å². The van der Waals surface area contributed by atoms with Gasteiger partial charge in [-0.3, -0.25) is 4.79 Å². The van der Waals surface area contributed by atoms with E-state index in [0.717, 1.165) is 5.56 Å². The highest BCUT2D eigenvalue weighted by Crippen LogP contribution is 2.30. The molecule has 3 rings (SSSR count). The van der Waals surface area contributed by atoms with Crippen molar-refractivity contribution in [3.8, 4) is 22.8 Å². The zero-order chi connectivity index (χ0) is 20.8. The zero-order valence-electron chi connectivity index (χ0n) is 15.5. The van der Waals surface area contributed by atoms with Crippen LogP contribution in [0.5, 0.6) is 11.5 Å². The Morgan fingerprint density at radius 1 is 1.14 bits per heavy atom. The van der Waals surface area contributed by atoms with Crippen molar-refractivity contribution in [2.75, 3.05) is 13.7 Å². The number of amides is 1. The first-order valence-corrected chi connectivity index (χ1v) is 9.10. The number of ether oxygens (including phenoxy) is 2. The van der Waals surface area contributed by atoms with Gasteiger partial charge in [0.05, 0.1) is 12.1 Å². The van der Waals surface area contributed by atoms with Crippen LogP contribution >= 0.6 is 11.6 Å². The minimum atomic E-state index is -2.93. The van der Waals surface area contributed by atoms with Gasteiger partial charge in [0.1, 0.15) is 5.76 Å². The molecule has 0 spiro atoms. The van der Waals surface area contributed by atoms with E-state index in [1.54, 1.807) is 36.4 Å². The number of benzene rings is 2. The Bertz CT molecular complexity index is 990. The van der Waals surface area contributed by atoms with Gasteiger partial charge in [-0.25, -0.2) is 0 Å². The maximum Gasteiger partial charge on any atom is 0.387 e. The summed E-state index contributed by atoms with van der Waals surface area (Å²) in [6.45, 7) is -2.61. The number of rotatable bonds is 8. The number of alkyl halides is 2. The molecule has 152 valence electrons. The summed E-state index contributed by atoms with van der Waals surface area (Å²) >= 11 is 6.14. The average Bonchev–Trinajstić information content (AvgIpc) is 3.19. The van der Waals surface area contributed by atoms with Crippen molar-refractivity contribution in [2.45, 2.75) is 13.0 Å². The smallest absolute Gasteiger partial charge is 0.387 e. The number of hydrogen-bond acceptors (Lipinski definition) is 4. The van der Waals surface area contributed by atoms with Crippen LogP contribution in [0, 0.1) is 0 Å². The van der Waals surface area contributed by atoms with E-state index < -0.39 is 6.61 Å². The Morgan fingerprint density at radius 3 is 2.66 bits per heavy atom. The standard InChI is InChI=1S/C21H18ClF2NO4/c1-27-19-12-13(6-7-17(19)29-21(23)24)10-11-25-20(26)18-9-8-16(28-18)14-4-2-3-5-15(14)22/h2-9,12,21H,10-11H2,1H3,(H,25,26). The molecular weight excluding hydrogens is 404 g/mol. The fourth-order valence-corrected chi connectivity index (χ4v) is 2.96. The van der Waals surface area contributed by atoms with Crippen molar-refractivity contribution in [2.24, 2.45) is 0 Å². The third-order valence-corrected chi connectivity index (χ3v) is 4.44. The lowest BCUT2D eigenvalue weighted by molar-refractivity contribution is -0.0512. The molecule has 0 saturated heterocycles. The van der Waals surface area contributed by atoms with Crippen molar-refractivity contribution in [3.63, 3.8) is 0 Å². The van der Waals surface area contributed by atoms with Crippen molar-refractivity contribution >= 4 is 17.5 Å². The zero-order valence-corrected chi connectivity index (χ0v) is 16.2. The van der Waals surface area contributed by atoms with Crippen molar-refractivity contribution in [3.05, 3.63) is 70.9 Å². The molecule has 2 aromatic carbocycles. The maximum absolute atomic E-state index is 12.4. The number of methoxy groups -OCH3 is 1. The Hall–Kier alpha value is -3.06. The number of halogens is 3. The number of hydrogen-bond donors (Lipinski definition) is 1. The summed E-state index contributed by atoms with van der Waals surface area (Å²) in [5.41, 5.74) is 1.49. The van der Waals surface area contributed by atoms with Crippen LogP contribution in [0.3, 0.4) is 0 Å². The second-order valence-corrected chi connectivity index (χ2v) is 6.42. The molecule has 1 amide bonds. The molecule has 0 aliphatic rings. The molecule has 0 radical (unpaired) electrons. The second kappa shape index (κ2) is 9.43. The summed E-state index contributed by atoms with van der Waals surface area (Å²) in [5, 5.41) is 3.28. The van der Waals surface area contributed by atoms with E-state index in [-0.39, 0.29) is 23.2 Å². The van der Waals surface area contributed by atoms with E-state index in [4.69, 9.17) is 20.8 Å². The predicted molar refractivity (Wildman–Crippen MR) is 105 cm³/mol. The molecule has 8 heteroatoms. The van der Waals surface area contributed by atoms with E-state index >= 15 is 0 Å². The Morgan fingerprint density at radius 2 is 1.93 bits per heavy atom. The molecule has 0 aliphatic carbocycles. The molecule has 0 aliphatic heterocycles. The van der Waals surface area contributed by atoms with Crippen molar-refractivity contribution < 1.29 is 27.5 Å². The molecule has 0 unspecified atom stereocenters. The first kappa shape index (κ1) is 20.7. The van der Waals surface area contributed by atoms with Crippen LogP contribution in [0.25, 0.3) is 11.3 Å². The molecule has 5 nitrogen and oxygen atoms in total. The third kappa shape index (κ3) is 5.26. The van der Waals surface area contributed by atoms with Crippen LogP contribution < -0.4 is 14.8 Å². The van der Waals surface area contributed by atoms with E-state index in [0.29, 0.717) is 29.3 Å². The summed E-state index contributed by atoms with van der Waals surface area (Å²) in [6.07, 6.45) is 0.467. The largest absolute Gasteiger partial charge is 0.493 e. The molecule has 0 atom stereocenters.